The summed E-state index contributed by atoms with van der Waals surface area (Å²) in [5.41, 5.74) is 0. The minimum Gasteiger partial charge on any atom is -0.381 e. The van der Waals surface area contributed by atoms with Crippen molar-refractivity contribution in [3.05, 3.63) is 10.0 Å². The Bertz CT molecular complexity index is 644. The molecule has 0 spiro atoms. The molecule has 2 N–H and O–H groups in total. The van der Waals surface area contributed by atoms with Gasteiger partial charge in [0.15, 0.2) is 0 Å². The van der Waals surface area contributed by atoms with Gasteiger partial charge >= 0.3 is 0 Å². The second-order valence-corrected chi connectivity index (χ2v) is 7.04. The molecule has 2 aromatic heterocycles. The Morgan fingerprint density at radius 3 is 1.68 bits per heavy atom. The molecule has 0 aliphatic heterocycles. The maximum Gasteiger partial charge on any atom is 0.225 e. The summed E-state index contributed by atoms with van der Waals surface area (Å²) in [6, 6.07) is 0. The Hall–Kier alpha value is -1.98. The third-order valence-electron chi connectivity index (χ3n) is 2.99. The number of carbonyl (C=O) groups is 2. The molecule has 0 atom stereocenters. The van der Waals surface area contributed by atoms with Crippen molar-refractivity contribution < 1.29 is 14.3 Å². The normalized spacial score (nSPS) is 10.6. The first kappa shape index (κ1) is 19.3. The zero-order valence-corrected chi connectivity index (χ0v) is 15.7. The molecule has 25 heavy (non-hydrogen) atoms. The first-order chi connectivity index (χ1) is 12.1. The molecule has 0 radical (unpaired) electrons. The maximum absolute atomic E-state index is 11.3. The number of amides is 2. The van der Waals surface area contributed by atoms with E-state index in [-0.39, 0.29) is 11.8 Å². The number of ether oxygens (including phenoxy) is 1. The van der Waals surface area contributed by atoms with E-state index in [4.69, 9.17) is 4.74 Å². The average Bonchev–Trinajstić information content (AvgIpc) is 3.24. The number of nitrogens with one attached hydrogen (secondary N) is 2. The second kappa shape index (κ2) is 10.1. The monoisotopic (exact) mass is 384 g/mol. The summed E-state index contributed by atoms with van der Waals surface area (Å²) in [5.74, 6) is -0.156. The lowest BCUT2D eigenvalue weighted by atomic mass is 10.4. The van der Waals surface area contributed by atoms with E-state index >= 15 is 0 Å². The Morgan fingerprint density at radius 2 is 1.28 bits per heavy atom. The van der Waals surface area contributed by atoms with Crippen LogP contribution in [-0.2, 0) is 27.2 Å². The topological polar surface area (TPSA) is 119 Å². The second-order valence-electron chi connectivity index (χ2n) is 4.92. The SMILES string of the molecule is CCC(=O)Nc1nnc(CCOCCc2nnc(NC(=O)CC)s2)s1. The standard InChI is InChI=1S/C14H20N6O3S2/c1-3-9(21)15-13-19-17-11(24-13)5-7-23-8-6-12-18-20-14(25-12)16-10(22)4-2/h3-8H2,1-2H3,(H,15,19,21)(H,16,20,22). The van der Waals surface area contributed by atoms with Gasteiger partial charge in [-0.25, -0.2) is 0 Å². The molecular formula is C14H20N6O3S2. The number of aromatic nitrogens is 4. The van der Waals surface area contributed by atoms with Crippen LogP contribution in [0.4, 0.5) is 10.3 Å². The van der Waals surface area contributed by atoms with Crippen LogP contribution in [0.3, 0.4) is 0 Å². The molecule has 0 saturated carbocycles. The van der Waals surface area contributed by atoms with Gasteiger partial charge in [0.2, 0.25) is 22.1 Å². The Labute approximate surface area is 153 Å². The molecule has 0 aliphatic carbocycles. The molecule has 2 aromatic rings. The Morgan fingerprint density at radius 1 is 0.840 bits per heavy atom. The van der Waals surface area contributed by atoms with E-state index in [0.717, 1.165) is 10.0 Å². The number of anilines is 2. The predicted octanol–water partition coefficient (Wildman–Crippen LogP) is 1.89. The summed E-state index contributed by atoms with van der Waals surface area (Å²) in [4.78, 5) is 22.5. The summed E-state index contributed by atoms with van der Waals surface area (Å²) in [5, 5.41) is 23.9. The van der Waals surface area contributed by atoms with E-state index in [1.54, 1.807) is 13.8 Å². The summed E-state index contributed by atoms with van der Waals surface area (Å²) in [6.07, 6.45) is 2.09. The van der Waals surface area contributed by atoms with Gasteiger partial charge in [0.05, 0.1) is 13.2 Å². The van der Waals surface area contributed by atoms with E-state index < -0.39 is 0 Å². The number of hydrogen-bond acceptors (Lipinski definition) is 9. The van der Waals surface area contributed by atoms with Crippen LogP contribution in [0.1, 0.15) is 36.7 Å². The average molecular weight is 384 g/mol. The van der Waals surface area contributed by atoms with Crippen LogP contribution in [0.5, 0.6) is 0 Å². The predicted molar refractivity (Wildman–Crippen MR) is 95.9 cm³/mol. The smallest absolute Gasteiger partial charge is 0.225 e. The van der Waals surface area contributed by atoms with Gasteiger partial charge in [-0.15, -0.1) is 20.4 Å². The number of rotatable bonds is 10. The minimum absolute atomic E-state index is 0.0782. The molecule has 2 heterocycles. The highest BCUT2D eigenvalue weighted by Gasteiger charge is 2.08. The largest absolute Gasteiger partial charge is 0.381 e. The third kappa shape index (κ3) is 6.80. The first-order valence-corrected chi connectivity index (χ1v) is 9.56. The highest BCUT2D eigenvalue weighted by molar-refractivity contribution is 7.15. The van der Waals surface area contributed by atoms with Gasteiger partial charge < -0.3 is 15.4 Å². The molecule has 9 nitrogen and oxygen atoms in total. The van der Waals surface area contributed by atoms with Gasteiger partial charge in [-0.05, 0) is 0 Å². The summed E-state index contributed by atoms with van der Waals surface area (Å²) >= 11 is 2.69. The molecule has 2 rings (SSSR count). The molecule has 0 fully saturated rings. The molecule has 0 bridgehead atoms. The summed E-state index contributed by atoms with van der Waals surface area (Å²) in [6.45, 7) is 4.58. The zero-order chi connectivity index (χ0) is 18.1. The fraction of sp³-hybridized carbons (Fsp3) is 0.571. The fourth-order valence-electron chi connectivity index (χ4n) is 1.65. The van der Waals surface area contributed by atoms with Crippen LogP contribution >= 0.6 is 22.7 Å². The lowest BCUT2D eigenvalue weighted by Gasteiger charge is -2.00. The minimum atomic E-state index is -0.0782. The summed E-state index contributed by atoms with van der Waals surface area (Å²) < 4.78 is 5.57. The molecule has 0 unspecified atom stereocenters. The summed E-state index contributed by atoms with van der Waals surface area (Å²) in [7, 11) is 0. The van der Waals surface area contributed by atoms with Gasteiger partial charge in [0.25, 0.3) is 0 Å². The van der Waals surface area contributed by atoms with Crippen LogP contribution in [0.15, 0.2) is 0 Å². The molecule has 136 valence electrons. The fourth-order valence-corrected chi connectivity index (χ4v) is 3.12. The van der Waals surface area contributed by atoms with E-state index in [0.29, 0.717) is 49.2 Å². The van der Waals surface area contributed by atoms with Crippen molar-refractivity contribution in [2.24, 2.45) is 0 Å². The molecule has 0 aromatic carbocycles. The van der Waals surface area contributed by atoms with Crippen LogP contribution < -0.4 is 10.6 Å². The van der Waals surface area contributed by atoms with E-state index in [1.165, 1.54) is 22.7 Å². The van der Waals surface area contributed by atoms with Gasteiger partial charge in [0.1, 0.15) is 10.0 Å². The molecular weight excluding hydrogens is 364 g/mol. The van der Waals surface area contributed by atoms with Gasteiger partial charge in [-0.1, -0.05) is 36.5 Å². The van der Waals surface area contributed by atoms with Crippen molar-refractivity contribution in [3.63, 3.8) is 0 Å². The molecule has 2 amide bonds. The lowest BCUT2D eigenvalue weighted by molar-refractivity contribution is -0.116. The lowest BCUT2D eigenvalue weighted by Crippen LogP contribution is -2.08. The maximum atomic E-state index is 11.3. The van der Waals surface area contributed by atoms with Crippen molar-refractivity contribution in [2.45, 2.75) is 39.5 Å². The van der Waals surface area contributed by atoms with Crippen molar-refractivity contribution in [2.75, 3.05) is 23.8 Å². The van der Waals surface area contributed by atoms with Crippen LogP contribution in [0.25, 0.3) is 0 Å². The molecule has 11 heteroatoms. The van der Waals surface area contributed by atoms with E-state index in [2.05, 4.69) is 31.0 Å². The van der Waals surface area contributed by atoms with Gasteiger partial charge in [0, 0.05) is 25.7 Å². The first-order valence-electron chi connectivity index (χ1n) is 7.92. The Balaban J connectivity index is 1.63. The quantitative estimate of drug-likeness (QED) is 0.600. The highest BCUT2D eigenvalue weighted by Crippen LogP contribution is 2.17. The van der Waals surface area contributed by atoms with Crippen molar-refractivity contribution in [3.8, 4) is 0 Å². The van der Waals surface area contributed by atoms with Gasteiger partial charge in [-0.2, -0.15) is 0 Å². The number of hydrogen-bond donors (Lipinski definition) is 2. The molecule has 0 aliphatic rings. The van der Waals surface area contributed by atoms with Crippen molar-refractivity contribution >= 4 is 44.8 Å². The van der Waals surface area contributed by atoms with Crippen molar-refractivity contribution in [1.82, 2.24) is 20.4 Å². The van der Waals surface area contributed by atoms with E-state index in [1.807, 2.05) is 0 Å². The van der Waals surface area contributed by atoms with E-state index in [9.17, 15) is 9.59 Å². The Kier molecular flexibility index (Phi) is 7.82. The van der Waals surface area contributed by atoms with Crippen LogP contribution in [0.2, 0.25) is 0 Å². The number of carbonyl (C=O) groups excluding carboxylic acids is 2. The molecule has 0 saturated heterocycles. The third-order valence-corrected chi connectivity index (χ3v) is 4.79. The highest BCUT2D eigenvalue weighted by atomic mass is 32.1. The van der Waals surface area contributed by atoms with Crippen LogP contribution in [-0.4, -0.2) is 45.4 Å². The van der Waals surface area contributed by atoms with Gasteiger partial charge in [-0.3, -0.25) is 9.59 Å². The van der Waals surface area contributed by atoms with Crippen LogP contribution in [0, 0.1) is 0 Å². The zero-order valence-electron chi connectivity index (χ0n) is 14.1. The number of nitrogens with zero attached hydrogens (tertiary/aromatic N) is 4. The van der Waals surface area contributed by atoms with Crippen molar-refractivity contribution in [1.29, 1.82) is 0 Å².